The predicted octanol–water partition coefficient (Wildman–Crippen LogP) is 3.33. The molecule has 0 bridgehead atoms. The minimum atomic E-state index is -1.26. The molecular formula is C26H28N4O4. The molecule has 0 spiro atoms. The number of nitrogens with one attached hydrogen (secondary N) is 1. The van der Waals surface area contributed by atoms with E-state index in [4.69, 9.17) is 4.74 Å². The van der Waals surface area contributed by atoms with Crippen LogP contribution in [0.1, 0.15) is 50.2 Å². The first kappa shape index (κ1) is 23.2. The molecule has 1 aliphatic heterocycles. The monoisotopic (exact) mass is 460 g/mol. The van der Waals surface area contributed by atoms with Gasteiger partial charge >= 0.3 is 5.97 Å². The molecule has 0 aliphatic carbocycles. The number of carbonyl (C=O) groups is 3. The topological polar surface area (TPSA) is 93.5 Å². The Kier molecular flexibility index (Phi) is 6.00. The van der Waals surface area contributed by atoms with Crippen molar-refractivity contribution >= 4 is 23.5 Å². The molecule has 1 aromatic heterocycles. The van der Waals surface area contributed by atoms with Crippen molar-refractivity contribution in [3.63, 3.8) is 0 Å². The third-order valence-corrected chi connectivity index (χ3v) is 6.25. The number of hydrogen-bond acceptors (Lipinski definition) is 5. The Morgan fingerprint density at radius 3 is 2.41 bits per heavy atom. The second-order valence-corrected chi connectivity index (χ2v) is 8.93. The maximum Gasteiger partial charge on any atom is 0.359 e. The number of hydrogen-bond donors (Lipinski definition) is 1. The van der Waals surface area contributed by atoms with E-state index in [0.29, 0.717) is 12.2 Å². The van der Waals surface area contributed by atoms with Crippen molar-refractivity contribution in [1.29, 1.82) is 0 Å². The van der Waals surface area contributed by atoms with Gasteiger partial charge in [-0.25, -0.2) is 9.78 Å². The summed E-state index contributed by atoms with van der Waals surface area (Å²) in [6.45, 7) is 8.05. The van der Waals surface area contributed by atoms with Gasteiger partial charge < -0.3 is 14.6 Å². The smallest absolute Gasteiger partial charge is 0.359 e. The van der Waals surface area contributed by atoms with Crippen LogP contribution in [0.4, 0.5) is 5.69 Å². The van der Waals surface area contributed by atoms with E-state index in [0.717, 1.165) is 22.3 Å². The minimum Gasteiger partial charge on any atom is -0.464 e. The molecule has 4 rings (SSSR count). The summed E-state index contributed by atoms with van der Waals surface area (Å²) in [6.07, 6.45) is 1.41. The molecule has 176 valence electrons. The van der Waals surface area contributed by atoms with E-state index in [1.165, 1.54) is 18.3 Å². The summed E-state index contributed by atoms with van der Waals surface area (Å²) in [4.78, 5) is 45.4. The molecule has 0 saturated carbocycles. The van der Waals surface area contributed by atoms with Crippen LogP contribution in [0.3, 0.4) is 0 Å². The van der Waals surface area contributed by atoms with Crippen molar-refractivity contribution < 1.29 is 19.1 Å². The van der Waals surface area contributed by atoms with Crippen LogP contribution in [0.2, 0.25) is 0 Å². The number of anilines is 1. The number of carbonyl (C=O) groups excluding carboxylic acids is 3. The Morgan fingerprint density at radius 2 is 1.76 bits per heavy atom. The van der Waals surface area contributed by atoms with E-state index < -0.39 is 17.4 Å². The Morgan fingerprint density at radius 1 is 1.09 bits per heavy atom. The van der Waals surface area contributed by atoms with E-state index in [1.54, 1.807) is 11.5 Å². The Labute approximate surface area is 198 Å². The van der Waals surface area contributed by atoms with Gasteiger partial charge in [0.25, 0.3) is 5.91 Å². The van der Waals surface area contributed by atoms with E-state index >= 15 is 0 Å². The lowest BCUT2D eigenvalue weighted by atomic mass is 9.92. The zero-order chi connectivity index (χ0) is 24.6. The number of nitrogens with zero attached hydrogens (tertiary/aromatic N) is 3. The number of amides is 2. The zero-order valence-electron chi connectivity index (χ0n) is 20.0. The van der Waals surface area contributed by atoms with Gasteiger partial charge in [0.2, 0.25) is 5.91 Å². The van der Waals surface area contributed by atoms with Gasteiger partial charge in [-0.1, -0.05) is 47.5 Å². The van der Waals surface area contributed by atoms with Crippen molar-refractivity contribution in [3.05, 3.63) is 82.4 Å². The lowest BCUT2D eigenvalue weighted by Gasteiger charge is -2.44. The molecule has 8 nitrogen and oxygen atoms in total. The van der Waals surface area contributed by atoms with Gasteiger partial charge in [0.1, 0.15) is 11.2 Å². The highest BCUT2D eigenvalue weighted by Crippen LogP contribution is 2.36. The molecule has 0 radical (unpaired) electrons. The van der Waals surface area contributed by atoms with Crippen molar-refractivity contribution in [3.8, 4) is 0 Å². The number of methoxy groups -OCH3 is 1. The summed E-state index contributed by atoms with van der Waals surface area (Å²) in [5.74, 6) is -1.49. The number of ether oxygens (including phenoxy) is 1. The van der Waals surface area contributed by atoms with Gasteiger partial charge in [0.05, 0.1) is 20.0 Å². The van der Waals surface area contributed by atoms with Crippen LogP contribution in [0.5, 0.6) is 0 Å². The molecule has 2 aromatic carbocycles. The zero-order valence-corrected chi connectivity index (χ0v) is 20.0. The van der Waals surface area contributed by atoms with Crippen LogP contribution in [0.15, 0.2) is 48.8 Å². The fraction of sp³-hybridized carbons (Fsp3) is 0.308. The van der Waals surface area contributed by atoms with Crippen LogP contribution >= 0.6 is 0 Å². The highest BCUT2D eigenvalue weighted by atomic mass is 16.5. The first-order chi connectivity index (χ1) is 16.2. The molecular weight excluding hydrogens is 432 g/mol. The van der Waals surface area contributed by atoms with Gasteiger partial charge in [-0.3, -0.25) is 14.5 Å². The number of aromatic nitrogens is 2. The average molecular weight is 461 g/mol. The second-order valence-electron chi connectivity index (χ2n) is 8.93. The number of imidazole rings is 1. The Hall–Kier alpha value is -3.94. The fourth-order valence-corrected chi connectivity index (χ4v) is 4.39. The normalized spacial score (nSPS) is 17.3. The standard InChI is InChI=1S/C26H28N4O4/c1-16-6-9-19(10-7-16)13-27-25(33)26(4)14-29-15-28-21(24(32)34-5)22(29)23(31)30(26)20-11-8-17(2)12-18(20)3/h6-12,15H,13-14H2,1-5H3,(H,27,33). The molecule has 0 fully saturated rings. The summed E-state index contributed by atoms with van der Waals surface area (Å²) in [6, 6.07) is 13.6. The molecule has 1 N–H and O–H groups in total. The summed E-state index contributed by atoms with van der Waals surface area (Å²) in [7, 11) is 1.24. The van der Waals surface area contributed by atoms with Crippen molar-refractivity contribution in [1.82, 2.24) is 14.9 Å². The van der Waals surface area contributed by atoms with E-state index in [2.05, 4.69) is 10.3 Å². The largest absolute Gasteiger partial charge is 0.464 e. The van der Waals surface area contributed by atoms with Gasteiger partial charge in [-0.15, -0.1) is 0 Å². The number of benzene rings is 2. The Balaban J connectivity index is 1.77. The van der Waals surface area contributed by atoms with Crippen LogP contribution in [-0.2, 0) is 22.6 Å². The minimum absolute atomic E-state index is 0.0654. The van der Waals surface area contributed by atoms with Crippen molar-refractivity contribution in [2.24, 2.45) is 0 Å². The van der Waals surface area contributed by atoms with Crippen LogP contribution in [-0.4, -0.2) is 40.0 Å². The van der Waals surface area contributed by atoms with Crippen LogP contribution in [0.25, 0.3) is 0 Å². The number of rotatable bonds is 5. The summed E-state index contributed by atoms with van der Waals surface area (Å²) < 4.78 is 6.38. The van der Waals surface area contributed by atoms with Gasteiger partial charge in [-0.2, -0.15) is 0 Å². The lowest BCUT2D eigenvalue weighted by molar-refractivity contribution is -0.126. The van der Waals surface area contributed by atoms with Crippen molar-refractivity contribution in [2.75, 3.05) is 12.0 Å². The second kappa shape index (κ2) is 8.78. The van der Waals surface area contributed by atoms with E-state index in [9.17, 15) is 14.4 Å². The quantitative estimate of drug-likeness (QED) is 0.590. The lowest BCUT2D eigenvalue weighted by Crippen LogP contribution is -2.64. The first-order valence-electron chi connectivity index (χ1n) is 11.0. The molecule has 1 unspecified atom stereocenters. The van der Waals surface area contributed by atoms with E-state index in [-0.39, 0.29) is 23.8 Å². The number of esters is 1. The van der Waals surface area contributed by atoms with Crippen LogP contribution in [0, 0.1) is 20.8 Å². The molecule has 0 saturated heterocycles. The predicted molar refractivity (Wildman–Crippen MR) is 128 cm³/mol. The fourth-order valence-electron chi connectivity index (χ4n) is 4.39. The van der Waals surface area contributed by atoms with Gasteiger partial charge in [-0.05, 0) is 44.9 Å². The van der Waals surface area contributed by atoms with Crippen molar-refractivity contribution in [2.45, 2.75) is 46.3 Å². The molecule has 34 heavy (non-hydrogen) atoms. The first-order valence-corrected chi connectivity index (χ1v) is 11.0. The maximum absolute atomic E-state index is 13.9. The third kappa shape index (κ3) is 3.96. The molecule has 3 aromatic rings. The molecule has 1 atom stereocenters. The molecule has 1 aliphatic rings. The highest BCUT2D eigenvalue weighted by Gasteiger charge is 2.50. The van der Waals surface area contributed by atoms with Crippen LogP contribution < -0.4 is 10.2 Å². The molecule has 8 heteroatoms. The number of fused-ring (bicyclic) bond motifs is 1. The third-order valence-electron chi connectivity index (χ3n) is 6.25. The molecule has 2 heterocycles. The SMILES string of the molecule is COC(=O)c1ncn2c1C(=O)N(c1ccc(C)cc1C)C(C)(C(=O)NCc1ccc(C)cc1)C2. The van der Waals surface area contributed by atoms with Gasteiger partial charge in [0.15, 0.2) is 5.69 Å². The summed E-state index contributed by atoms with van der Waals surface area (Å²) in [5, 5.41) is 2.99. The maximum atomic E-state index is 13.9. The summed E-state index contributed by atoms with van der Waals surface area (Å²) >= 11 is 0. The Bertz CT molecular complexity index is 1280. The highest BCUT2D eigenvalue weighted by molar-refractivity contribution is 6.15. The molecule has 2 amide bonds. The average Bonchev–Trinajstić information content (AvgIpc) is 3.23. The number of aryl methyl sites for hydroxylation is 3. The van der Waals surface area contributed by atoms with E-state index in [1.807, 2.05) is 63.2 Å². The van der Waals surface area contributed by atoms with Gasteiger partial charge in [0, 0.05) is 12.2 Å². The summed E-state index contributed by atoms with van der Waals surface area (Å²) in [5.41, 5.74) is 3.36.